The summed E-state index contributed by atoms with van der Waals surface area (Å²) in [6, 6.07) is 10.6. The summed E-state index contributed by atoms with van der Waals surface area (Å²) in [6.45, 7) is 0.528. The van der Waals surface area contributed by atoms with Gasteiger partial charge in [-0.3, -0.25) is 4.79 Å². The molecule has 0 aliphatic carbocycles. The molecule has 0 spiro atoms. The van der Waals surface area contributed by atoms with Crippen LogP contribution in [0.25, 0.3) is 0 Å². The molecule has 0 radical (unpaired) electrons. The van der Waals surface area contributed by atoms with Crippen molar-refractivity contribution in [3.05, 3.63) is 46.7 Å². The molecule has 0 aliphatic rings. The standard InChI is InChI=1S/C16H14F2N4OS4/c17-14(18)26-11-5-3-10(4-6-11)20-15-21-22-16(27-15)25-9-13(23)19-8-12-2-1-7-24-12/h1-7,14H,8-9H2,(H,19,23)(H,20,21). The topological polar surface area (TPSA) is 66.9 Å². The van der Waals surface area contributed by atoms with Gasteiger partial charge in [-0.05, 0) is 35.7 Å². The molecule has 0 unspecified atom stereocenters. The molecule has 2 aromatic heterocycles. The Labute approximate surface area is 171 Å². The van der Waals surface area contributed by atoms with Crippen LogP contribution < -0.4 is 10.6 Å². The number of amides is 1. The van der Waals surface area contributed by atoms with Gasteiger partial charge in [0.15, 0.2) is 4.34 Å². The van der Waals surface area contributed by atoms with Gasteiger partial charge >= 0.3 is 0 Å². The fraction of sp³-hybridized carbons (Fsp3) is 0.188. The van der Waals surface area contributed by atoms with Gasteiger partial charge in [-0.2, -0.15) is 8.78 Å². The van der Waals surface area contributed by atoms with E-state index in [4.69, 9.17) is 0 Å². The van der Waals surface area contributed by atoms with Crippen LogP contribution in [0.4, 0.5) is 19.6 Å². The summed E-state index contributed by atoms with van der Waals surface area (Å²) in [6.07, 6.45) is 0. The molecule has 142 valence electrons. The molecule has 0 atom stereocenters. The van der Waals surface area contributed by atoms with E-state index in [9.17, 15) is 13.6 Å². The molecule has 11 heteroatoms. The van der Waals surface area contributed by atoms with Crippen molar-refractivity contribution in [3.63, 3.8) is 0 Å². The number of hydrogen-bond acceptors (Lipinski definition) is 8. The largest absolute Gasteiger partial charge is 0.350 e. The lowest BCUT2D eigenvalue weighted by Gasteiger charge is -2.03. The number of carbonyl (C=O) groups excluding carboxylic acids is 1. The Kier molecular flexibility index (Phi) is 7.44. The number of benzene rings is 1. The molecule has 0 saturated carbocycles. The molecule has 1 amide bonds. The Hall–Kier alpha value is -1.69. The summed E-state index contributed by atoms with van der Waals surface area (Å²) < 4.78 is 25.3. The number of hydrogen-bond donors (Lipinski definition) is 2. The molecule has 2 N–H and O–H groups in total. The number of rotatable bonds is 9. The predicted molar refractivity (Wildman–Crippen MR) is 108 cm³/mol. The number of carbonyl (C=O) groups is 1. The minimum absolute atomic E-state index is 0.0646. The van der Waals surface area contributed by atoms with Crippen LogP contribution in [0.2, 0.25) is 0 Å². The normalized spacial score (nSPS) is 10.9. The number of aromatic nitrogens is 2. The van der Waals surface area contributed by atoms with E-state index in [0.29, 0.717) is 32.7 Å². The first-order valence-electron chi connectivity index (χ1n) is 7.66. The summed E-state index contributed by atoms with van der Waals surface area (Å²) >= 11 is 4.74. The van der Waals surface area contributed by atoms with E-state index in [0.717, 1.165) is 10.6 Å². The molecule has 1 aromatic carbocycles. The van der Waals surface area contributed by atoms with Crippen LogP contribution in [0.15, 0.2) is 51.0 Å². The zero-order valence-electron chi connectivity index (χ0n) is 13.7. The van der Waals surface area contributed by atoms with Crippen molar-refractivity contribution in [1.29, 1.82) is 0 Å². The first kappa shape index (κ1) is 20.1. The molecule has 3 rings (SSSR count). The molecule has 0 fully saturated rings. The van der Waals surface area contributed by atoms with Gasteiger partial charge in [0.25, 0.3) is 5.76 Å². The minimum atomic E-state index is -2.44. The Morgan fingerprint density at radius 1 is 1.19 bits per heavy atom. The van der Waals surface area contributed by atoms with Crippen molar-refractivity contribution in [1.82, 2.24) is 15.5 Å². The van der Waals surface area contributed by atoms with Crippen LogP contribution in [-0.2, 0) is 11.3 Å². The quantitative estimate of drug-likeness (QED) is 0.450. The Bertz CT molecular complexity index is 856. The average molecular weight is 445 g/mol. The van der Waals surface area contributed by atoms with Crippen molar-refractivity contribution in [2.75, 3.05) is 11.1 Å². The van der Waals surface area contributed by atoms with Crippen molar-refractivity contribution in [2.45, 2.75) is 21.5 Å². The molecule has 5 nitrogen and oxygen atoms in total. The highest BCUT2D eigenvalue weighted by atomic mass is 32.2. The maximum absolute atomic E-state index is 12.3. The highest BCUT2D eigenvalue weighted by Crippen LogP contribution is 2.29. The number of nitrogens with zero attached hydrogens (tertiary/aromatic N) is 2. The van der Waals surface area contributed by atoms with Crippen LogP contribution in [0.1, 0.15) is 4.88 Å². The monoisotopic (exact) mass is 444 g/mol. The van der Waals surface area contributed by atoms with Gasteiger partial charge in [0.2, 0.25) is 11.0 Å². The second-order valence-corrected chi connectivity index (χ2v) is 9.34. The van der Waals surface area contributed by atoms with Crippen LogP contribution in [0, 0.1) is 0 Å². The summed E-state index contributed by atoms with van der Waals surface area (Å²) in [4.78, 5) is 13.5. The molecule has 3 aromatic rings. The molecule has 0 aliphatic heterocycles. The van der Waals surface area contributed by atoms with Gasteiger partial charge in [0.05, 0.1) is 12.3 Å². The molecule has 2 heterocycles. The summed E-state index contributed by atoms with van der Waals surface area (Å²) in [5, 5.41) is 16.5. The Balaban J connectivity index is 1.44. The van der Waals surface area contributed by atoms with Crippen molar-refractivity contribution in [3.8, 4) is 0 Å². The van der Waals surface area contributed by atoms with E-state index in [1.165, 1.54) is 23.1 Å². The fourth-order valence-corrected chi connectivity index (χ4v) is 4.68. The SMILES string of the molecule is O=C(CSc1nnc(Nc2ccc(SC(F)F)cc2)s1)NCc1cccs1. The van der Waals surface area contributed by atoms with Gasteiger partial charge < -0.3 is 10.6 Å². The lowest BCUT2D eigenvalue weighted by atomic mass is 10.3. The molecule has 0 bridgehead atoms. The Morgan fingerprint density at radius 3 is 2.70 bits per heavy atom. The van der Waals surface area contributed by atoms with E-state index in [1.54, 1.807) is 35.6 Å². The summed E-state index contributed by atoms with van der Waals surface area (Å²) in [5.41, 5.74) is 0.731. The first-order valence-corrected chi connectivity index (χ1v) is 11.2. The summed E-state index contributed by atoms with van der Waals surface area (Å²) in [7, 11) is 0. The zero-order chi connectivity index (χ0) is 19.1. The smallest absolute Gasteiger partial charge is 0.288 e. The highest BCUT2D eigenvalue weighted by Gasteiger charge is 2.09. The lowest BCUT2D eigenvalue weighted by Crippen LogP contribution is -2.24. The second-order valence-electron chi connectivity index (χ2n) is 5.05. The number of anilines is 2. The van der Waals surface area contributed by atoms with E-state index >= 15 is 0 Å². The van der Waals surface area contributed by atoms with Crippen LogP contribution >= 0.6 is 46.2 Å². The molecular weight excluding hydrogens is 430 g/mol. The highest BCUT2D eigenvalue weighted by molar-refractivity contribution is 8.01. The van der Waals surface area contributed by atoms with Crippen molar-refractivity contribution >= 4 is 62.9 Å². The number of halogens is 2. The predicted octanol–water partition coefficient (Wildman–Crippen LogP) is 5.07. The van der Waals surface area contributed by atoms with E-state index in [1.807, 2.05) is 17.5 Å². The van der Waals surface area contributed by atoms with Crippen molar-refractivity contribution in [2.24, 2.45) is 0 Å². The van der Waals surface area contributed by atoms with Gasteiger partial charge in [-0.25, -0.2) is 0 Å². The lowest BCUT2D eigenvalue weighted by molar-refractivity contribution is -0.118. The number of nitrogens with one attached hydrogen (secondary N) is 2. The molecule has 27 heavy (non-hydrogen) atoms. The fourth-order valence-electron chi connectivity index (χ4n) is 1.94. The molecule has 0 saturated heterocycles. The first-order chi connectivity index (χ1) is 13.1. The van der Waals surface area contributed by atoms with Gasteiger partial charge in [0.1, 0.15) is 0 Å². The van der Waals surface area contributed by atoms with Crippen LogP contribution in [0.5, 0.6) is 0 Å². The Morgan fingerprint density at radius 2 is 2.00 bits per heavy atom. The summed E-state index contributed by atoms with van der Waals surface area (Å²) in [5.74, 6) is -2.24. The third-order valence-electron chi connectivity index (χ3n) is 3.10. The zero-order valence-corrected chi connectivity index (χ0v) is 17.0. The van der Waals surface area contributed by atoms with Gasteiger partial charge in [0, 0.05) is 15.5 Å². The number of alkyl halides is 2. The van der Waals surface area contributed by atoms with E-state index in [-0.39, 0.29) is 11.7 Å². The van der Waals surface area contributed by atoms with Crippen LogP contribution in [-0.4, -0.2) is 27.6 Å². The maximum atomic E-state index is 12.3. The molecular formula is C16H14F2N4OS4. The number of thiophene rings is 1. The third kappa shape index (κ3) is 6.76. The van der Waals surface area contributed by atoms with Gasteiger partial charge in [-0.1, -0.05) is 40.9 Å². The van der Waals surface area contributed by atoms with Crippen molar-refractivity contribution < 1.29 is 13.6 Å². The third-order valence-corrected chi connectivity index (χ3v) is 6.67. The van der Waals surface area contributed by atoms with E-state index in [2.05, 4.69) is 20.8 Å². The van der Waals surface area contributed by atoms with E-state index < -0.39 is 5.76 Å². The van der Waals surface area contributed by atoms with Crippen LogP contribution in [0.3, 0.4) is 0 Å². The van der Waals surface area contributed by atoms with Gasteiger partial charge in [-0.15, -0.1) is 21.5 Å². The minimum Gasteiger partial charge on any atom is -0.350 e. The average Bonchev–Trinajstić information content (AvgIpc) is 3.31. The maximum Gasteiger partial charge on any atom is 0.288 e. The number of thioether (sulfide) groups is 2. The second kappa shape index (κ2) is 10.0.